The van der Waals surface area contributed by atoms with Gasteiger partial charge in [0.1, 0.15) is 13.2 Å². The van der Waals surface area contributed by atoms with Crippen LogP contribution < -0.4 is 4.74 Å². The van der Waals surface area contributed by atoms with E-state index in [0.717, 1.165) is 24.5 Å². The number of nitrogens with zero attached hydrogens (tertiary/aromatic N) is 2. The highest BCUT2D eigenvalue weighted by Crippen LogP contribution is 2.42. The summed E-state index contributed by atoms with van der Waals surface area (Å²) in [5, 5.41) is 11.4. The first-order chi connectivity index (χ1) is 17.3. The van der Waals surface area contributed by atoms with Gasteiger partial charge in [0.15, 0.2) is 19.9 Å². The Balaban J connectivity index is 1.76. The molecule has 10 heteroatoms. The first kappa shape index (κ1) is 28.6. The second-order valence-electron chi connectivity index (χ2n) is 11.1. The number of carbonyl (C=O) groups excluding carboxylic acids is 1. The van der Waals surface area contributed by atoms with Crippen LogP contribution in [0.5, 0.6) is 5.75 Å². The zero-order valence-electron chi connectivity index (χ0n) is 22.5. The standard InChI is InChI=1S/C27H37FN2O6Si/c1-27(2,3)37(5,6)36-24(20-12-13-20)18-34-25-21(14-22(30(32)33)15-23(25)28)16-29(4)26(31)35-17-19-10-8-7-9-11-19/h7-11,14-15,20,24H,12-13,16-18H2,1-6H3/t24-/m1/s1. The molecular formula is C27H37FN2O6Si. The van der Waals surface area contributed by atoms with Gasteiger partial charge in [-0.1, -0.05) is 51.1 Å². The van der Waals surface area contributed by atoms with Gasteiger partial charge >= 0.3 is 6.09 Å². The summed E-state index contributed by atoms with van der Waals surface area (Å²) in [7, 11) is -0.603. The number of non-ortho nitro benzene ring substituents is 1. The largest absolute Gasteiger partial charge is 0.487 e. The van der Waals surface area contributed by atoms with E-state index < -0.39 is 30.8 Å². The summed E-state index contributed by atoms with van der Waals surface area (Å²) in [5.74, 6) is -0.621. The Morgan fingerprint density at radius 2 is 1.86 bits per heavy atom. The van der Waals surface area contributed by atoms with Crippen molar-refractivity contribution in [2.45, 2.75) is 71.0 Å². The fourth-order valence-electron chi connectivity index (χ4n) is 3.62. The molecule has 8 nitrogen and oxygen atoms in total. The minimum absolute atomic E-state index is 0.00668. The molecule has 1 aliphatic rings. The molecule has 0 unspecified atom stereocenters. The Morgan fingerprint density at radius 3 is 2.43 bits per heavy atom. The molecular weight excluding hydrogens is 495 g/mol. The normalized spacial score (nSPS) is 14.7. The number of carbonyl (C=O) groups is 1. The average Bonchev–Trinajstić information content (AvgIpc) is 3.66. The molecule has 1 amide bonds. The maximum absolute atomic E-state index is 15.1. The predicted octanol–water partition coefficient (Wildman–Crippen LogP) is 6.68. The number of ether oxygens (including phenoxy) is 2. The summed E-state index contributed by atoms with van der Waals surface area (Å²) in [6.45, 7) is 10.9. The lowest BCUT2D eigenvalue weighted by Crippen LogP contribution is -2.46. The Labute approximate surface area is 219 Å². The Morgan fingerprint density at radius 1 is 1.22 bits per heavy atom. The number of amides is 1. The summed E-state index contributed by atoms with van der Waals surface area (Å²) in [4.78, 5) is 24.5. The molecule has 0 aliphatic heterocycles. The summed E-state index contributed by atoms with van der Waals surface area (Å²) >= 11 is 0. The molecule has 0 aromatic heterocycles. The van der Waals surface area contributed by atoms with Gasteiger partial charge in [-0.25, -0.2) is 9.18 Å². The zero-order chi connectivity index (χ0) is 27.4. The summed E-state index contributed by atoms with van der Waals surface area (Å²) in [5.41, 5.74) is 0.595. The lowest BCUT2D eigenvalue weighted by molar-refractivity contribution is -0.385. The molecule has 202 valence electrons. The molecule has 0 radical (unpaired) electrons. The number of hydrogen-bond donors (Lipinski definition) is 0. The van der Waals surface area contributed by atoms with Gasteiger partial charge in [-0.05, 0) is 42.5 Å². The van der Waals surface area contributed by atoms with Crippen LogP contribution in [0.4, 0.5) is 14.9 Å². The average molecular weight is 533 g/mol. The molecule has 1 saturated carbocycles. The van der Waals surface area contributed by atoms with Crippen molar-refractivity contribution >= 4 is 20.1 Å². The lowest BCUT2D eigenvalue weighted by atomic mass is 10.1. The van der Waals surface area contributed by atoms with Crippen LogP contribution in [0.15, 0.2) is 42.5 Å². The summed E-state index contributed by atoms with van der Waals surface area (Å²) < 4.78 is 33.0. The Bertz CT molecular complexity index is 1100. The molecule has 0 heterocycles. The van der Waals surface area contributed by atoms with E-state index in [1.54, 1.807) is 0 Å². The second-order valence-corrected chi connectivity index (χ2v) is 15.9. The number of hydrogen-bond acceptors (Lipinski definition) is 6. The third kappa shape index (κ3) is 7.75. The fraction of sp³-hybridized carbons (Fsp3) is 0.519. The topological polar surface area (TPSA) is 91.1 Å². The maximum Gasteiger partial charge on any atom is 0.410 e. The minimum Gasteiger partial charge on any atom is -0.487 e. The van der Waals surface area contributed by atoms with E-state index in [1.165, 1.54) is 18.0 Å². The number of rotatable bonds is 11. The minimum atomic E-state index is -2.09. The Hall–Kier alpha value is -2.98. The summed E-state index contributed by atoms with van der Waals surface area (Å²) in [6, 6.07) is 11.3. The van der Waals surface area contributed by atoms with E-state index in [0.29, 0.717) is 5.92 Å². The third-order valence-corrected chi connectivity index (χ3v) is 11.5. The third-order valence-electron chi connectivity index (χ3n) is 7.03. The SMILES string of the molecule is CN(Cc1cc([N+](=O)[O-])cc(F)c1OC[C@@H](O[Si](C)(C)C(C)(C)C)C1CC1)C(=O)OCc1ccccc1. The van der Waals surface area contributed by atoms with Gasteiger partial charge in [0.2, 0.25) is 0 Å². The predicted molar refractivity (Wildman–Crippen MR) is 141 cm³/mol. The molecule has 0 saturated heterocycles. The molecule has 1 atom stereocenters. The van der Waals surface area contributed by atoms with Crippen LogP contribution in [0, 0.1) is 21.8 Å². The van der Waals surface area contributed by atoms with E-state index in [9.17, 15) is 14.9 Å². The zero-order valence-corrected chi connectivity index (χ0v) is 23.5. The van der Waals surface area contributed by atoms with Gasteiger partial charge in [0, 0.05) is 18.7 Å². The quantitative estimate of drug-likeness (QED) is 0.182. The van der Waals surface area contributed by atoms with Gasteiger partial charge in [-0.15, -0.1) is 0 Å². The Kier molecular flexibility index (Phi) is 8.96. The van der Waals surface area contributed by atoms with Gasteiger partial charge in [0.25, 0.3) is 5.69 Å². The van der Waals surface area contributed by atoms with Gasteiger partial charge in [0.05, 0.1) is 23.6 Å². The highest BCUT2D eigenvalue weighted by molar-refractivity contribution is 6.74. The van der Waals surface area contributed by atoms with E-state index in [-0.39, 0.29) is 42.2 Å². The number of halogens is 1. The molecule has 2 aromatic rings. The van der Waals surface area contributed by atoms with Crippen molar-refractivity contribution in [3.63, 3.8) is 0 Å². The number of nitro benzene ring substituents is 1. The fourth-order valence-corrected chi connectivity index (χ4v) is 4.99. The molecule has 0 spiro atoms. The van der Waals surface area contributed by atoms with Gasteiger partial charge < -0.3 is 18.8 Å². The van der Waals surface area contributed by atoms with Crippen molar-refractivity contribution in [1.82, 2.24) is 4.90 Å². The van der Waals surface area contributed by atoms with Crippen LogP contribution in [-0.2, 0) is 22.3 Å². The summed E-state index contributed by atoms with van der Waals surface area (Å²) in [6.07, 6.45) is 1.21. The van der Waals surface area contributed by atoms with Gasteiger partial charge in [-0.3, -0.25) is 10.1 Å². The van der Waals surface area contributed by atoms with Crippen molar-refractivity contribution in [2.75, 3.05) is 13.7 Å². The molecule has 1 aliphatic carbocycles. The van der Waals surface area contributed by atoms with Crippen LogP contribution in [0.1, 0.15) is 44.7 Å². The van der Waals surface area contributed by atoms with Crippen LogP contribution in [-0.4, -0.2) is 44.0 Å². The van der Waals surface area contributed by atoms with Crippen molar-refractivity contribution in [3.05, 3.63) is 69.5 Å². The molecule has 1 fully saturated rings. The molecule has 37 heavy (non-hydrogen) atoms. The number of nitro groups is 1. The van der Waals surface area contributed by atoms with Crippen molar-refractivity contribution < 1.29 is 28.0 Å². The van der Waals surface area contributed by atoms with Crippen LogP contribution >= 0.6 is 0 Å². The molecule has 3 rings (SSSR count). The van der Waals surface area contributed by atoms with Gasteiger partial charge in [-0.2, -0.15) is 0 Å². The highest BCUT2D eigenvalue weighted by atomic mass is 28.4. The van der Waals surface area contributed by atoms with E-state index in [1.807, 2.05) is 30.3 Å². The van der Waals surface area contributed by atoms with Crippen LogP contribution in [0.25, 0.3) is 0 Å². The number of benzene rings is 2. The molecule has 0 N–H and O–H groups in total. The van der Waals surface area contributed by atoms with E-state index in [2.05, 4.69) is 33.9 Å². The monoisotopic (exact) mass is 532 g/mol. The lowest BCUT2D eigenvalue weighted by Gasteiger charge is -2.39. The van der Waals surface area contributed by atoms with Crippen molar-refractivity contribution in [1.29, 1.82) is 0 Å². The smallest absolute Gasteiger partial charge is 0.410 e. The molecule has 2 aromatic carbocycles. The van der Waals surface area contributed by atoms with E-state index in [4.69, 9.17) is 13.9 Å². The maximum atomic E-state index is 15.1. The highest BCUT2D eigenvalue weighted by Gasteiger charge is 2.43. The van der Waals surface area contributed by atoms with E-state index >= 15 is 4.39 Å². The van der Waals surface area contributed by atoms with Crippen molar-refractivity contribution in [3.8, 4) is 5.75 Å². The first-order valence-electron chi connectivity index (χ1n) is 12.5. The second kappa shape index (κ2) is 11.6. The van der Waals surface area contributed by atoms with Crippen LogP contribution in [0.2, 0.25) is 18.1 Å². The van der Waals surface area contributed by atoms with Crippen molar-refractivity contribution in [2.24, 2.45) is 5.92 Å². The van der Waals surface area contributed by atoms with Crippen LogP contribution in [0.3, 0.4) is 0 Å². The molecule has 0 bridgehead atoms. The first-order valence-corrected chi connectivity index (χ1v) is 15.4.